The van der Waals surface area contributed by atoms with Crippen molar-refractivity contribution in [2.75, 3.05) is 25.5 Å². The van der Waals surface area contributed by atoms with Crippen molar-refractivity contribution in [1.82, 2.24) is 15.1 Å². The van der Waals surface area contributed by atoms with E-state index in [-0.39, 0.29) is 6.54 Å². The van der Waals surface area contributed by atoms with Gasteiger partial charge in [0.1, 0.15) is 12.1 Å². The number of nitrogens with one attached hydrogen (secondary N) is 2. The highest BCUT2D eigenvalue weighted by Gasteiger charge is 2.49. The number of imide groups is 1. The first-order valence-electron chi connectivity index (χ1n) is 8.66. The van der Waals surface area contributed by atoms with Crippen molar-refractivity contribution in [2.24, 2.45) is 0 Å². The molecule has 2 N–H and O–H groups in total. The Kier molecular flexibility index (Phi) is 6.43. The van der Waals surface area contributed by atoms with Gasteiger partial charge in [-0.05, 0) is 37.1 Å². The molecule has 1 aliphatic rings. The van der Waals surface area contributed by atoms with Crippen molar-refractivity contribution in [3.8, 4) is 0 Å². The molecule has 0 bridgehead atoms. The molecule has 1 heterocycles. The summed E-state index contributed by atoms with van der Waals surface area (Å²) in [6, 6.07) is 5.97. The highest BCUT2D eigenvalue weighted by molar-refractivity contribution is 6.30. The van der Waals surface area contributed by atoms with Crippen LogP contribution < -0.4 is 10.6 Å². The third-order valence-electron chi connectivity index (χ3n) is 4.68. The van der Waals surface area contributed by atoms with Crippen LogP contribution in [-0.4, -0.2) is 59.2 Å². The maximum Gasteiger partial charge on any atom is 0.325 e. The Bertz CT molecular complexity index is 746. The first kappa shape index (κ1) is 20.7. The summed E-state index contributed by atoms with van der Waals surface area (Å²) < 4.78 is 0. The van der Waals surface area contributed by atoms with E-state index in [9.17, 15) is 19.2 Å². The number of hydrogen-bond acceptors (Lipinski definition) is 4. The molecule has 0 spiro atoms. The van der Waals surface area contributed by atoms with Gasteiger partial charge in [-0.25, -0.2) is 4.79 Å². The van der Waals surface area contributed by atoms with Gasteiger partial charge in [0.15, 0.2) is 0 Å². The number of urea groups is 1. The average molecular weight is 395 g/mol. The monoisotopic (exact) mass is 394 g/mol. The number of benzene rings is 1. The van der Waals surface area contributed by atoms with Crippen LogP contribution >= 0.6 is 11.6 Å². The third kappa shape index (κ3) is 4.57. The molecule has 9 heteroatoms. The second kappa shape index (κ2) is 8.39. The lowest BCUT2D eigenvalue weighted by Gasteiger charge is -2.24. The molecule has 1 aromatic rings. The van der Waals surface area contributed by atoms with E-state index in [0.29, 0.717) is 23.6 Å². The molecule has 0 unspecified atom stereocenters. The molecule has 0 radical (unpaired) electrons. The number of anilines is 1. The van der Waals surface area contributed by atoms with E-state index in [1.807, 2.05) is 0 Å². The summed E-state index contributed by atoms with van der Waals surface area (Å²) in [4.78, 5) is 51.1. The number of halogens is 1. The molecule has 2 rings (SSSR count). The summed E-state index contributed by atoms with van der Waals surface area (Å²) in [7, 11) is 1.44. The lowest BCUT2D eigenvalue weighted by Crippen LogP contribution is -2.47. The molecule has 5 amide bonds. The van der Waals surface area contributed by atoms with Crippen LogP contribution in [0.3, 0.4) is 0 Å². The number of rotatable bonds is 7. The van der Waals surface area contributed by atoms with Crippen LogP contribution in [0.25, 0.3) is 0 Å². The molecule has 8 nitrogen and oxygen atoms in total. The summed E-state index contributed by atoms with van der Waals surface area (Å²) in [5.74, 6) is -1.32. The molecular formula is C18H23ClN4O4. The first-order chi connectivity index (χ1) is 12.7. The first-order valence-corrected chi connectivity index (χ1v) is 9.03. The minimum atomic E-state index is -0.956. The van der Waals surface area contributed by atoms with E-state index >= 15 is 0 Å². The van der Waals surface area contributed by atoms with Gasteiger partial charge in [0, 0.05) is 17.8 Å². The Morgan fingerprint density at radius 3 is 2.30 bits per heavy atom. The van der Waals surface area contributed by atoms with Crippen molar-refractivity contribution >= 4 is 41.0 Å². The van der Waals surface area contributed by atoms with Gasteiger partial charge in [0.25, 0.3) is 5.91 Å². The van der Waals surface area contributed by atoms with Crippen LogP contribution in [0.15, 0.2) is 24.3 Å². The van der Waals surface area contributed by atoms with Crippen molar-refractivity contribution in [3.63, 3.8) is 0 Å². The Hall–Kier alpha value is -2.61. The molecule has 0 atom stereocenters. The van der Waals surface area contributed by atoms with Crippen LogP contribution in [0, 0.1) is 0 Å². The number of likely N-dealkylation sites (N-methyl/N-ethyl adjacent to an activating group) is 1. The van der Waals surface area contributed by atoms with Gasteiger partial charge in [-0.1, -0.05) is 25.4 Å². The van der Waals surface area contributed by atoms with Crippen molar-refractivity contribution in [3.05, 3.63) is 29.3 Å². The lowest BCUT2D eigenvalue weighted by molar-refractivity contribution is -0.139. The molecule has 0 aromatic heterocycles. The highest BCUT2D eigenvalue weighted by Crippen LogP contribution is 2.24. The number of carbonyl (C=O) groups is 4. The fourth-order valence-electron chi connectivity index (χ4n) is 2.84. The molecule has 1 aromatic carbocycles. The van der Waals surface area contributed by atoms with E-state index in [2.05, 4.69) is 10.6 Å². The van der Waals surface area contributed by atoms with Crippen LogP contribution in [0.4, 0.5) is 10.5 Å². The molecule has 27 heavy (non-hydrogen) atoms. The minimum Gasteiger partial charge on any atom is -0.335 e. The summed E-state index contributed by atoms with van der Waals surface area (Å²) in [6.07, 6.45) is 0.885. The van der Waals surface area contributed by atoms with E-state index in [1.54, 1.807) is 38.1 Å². The van der Waals surface area contributed by atoms with E-state index in [1.165, 1.54) is 11.9 Å². The molecule has 1 saturated heterocycles. The summed E-state index contributed by atoms with van der Waals surface area (Å²) in [6.45, 7) is 3.00. The maximum absolute atomic E-state index is 12.5. The van der Waals surface area contributed by atoms with E-state index in [4.69, 9.17) is 11.6 Å². The number of carbonyl (C=O) groups excluding carboxylic acids is 4. The third-order valence-corrected chi connectivity index (χ3v) is 4.93. The Morgan fingerprint density at radius 2 is 1.78 bits per heavy atom. The van der Waals surface area contributed by atoms with Crippen LogP contribution in [0.5, 0.6) is 0 Å². The molecular weight excluding hydrogens is 372 g/mol. The van der Waals surface area contributed by atoms with Crippen molar-refractivity contribution in [1.29, 1.82) is 0 Å². The SMILES string of the molecule is CCC1(CC)NC(=O)N(CC(=O)N(C)CC(=O)Nc2ccc(Cl)cc2)C1=O. The smallest absolute Gasteiger partial charge is 0.325 e. The largest absolute Gasteiger partial charge is 0.335 e. The van der Waals surface area contributed by atoms with Crippen molar-refractivity contribution in [2.45, 2.75) is 32.2 Å². The molecule has 1 aliphatic heterocycles. The second-order valence-corrected chi connectivity index (χ2v) is 6.85. The highest BCUT2D eigenvalue weighted by atomic mass is 35.5. The zero-order valence-corrected chi connectivity index (χ0v) is 16.3. The quantitative estimate of drug-likeness (QED) is 0.689. The normalized spacial score (nSPS) is 15.5. The van der Waals surface area contributed by atoms with Gasteiger partial charge in [-0.15, -0.1) is 0 Å². The zero-order valence-electron chi connectivity index (χ0n) is 15.5. The molecule has 1 fully saturated rings. The van der Waals surface area contributed by atoms with Crippen LogP contribution in [0.2, 0.25) is 5.02 Å². The second-order valence-electron chi connectivity index (χ2n) is 6.42. The number of amides is 5. The van der Waals surface area contributed by atoms with Gasteiger partial charge in [0.2, 0.25) is 11.8 Å². The predicted octanol–water partition coefficient (Wildman–Crippen LogP) is 1.85. The summed E-state index contributed by atoms with van der Waals surface area (Å²) in [5.41, 5.74) is -0.406. The maximum atomic E-state index is 12.5. The van der Waals surface area contributed by atoms with Crippen molar-refractivity contribution < 1.29 is 19.2 Å². The Morgan fingerprint density at radius 1 is 1.19 bits per heavy atom. The fourth-order valence-corrected chi connectivity index (χ4v) is 2.97. The number of nitrogens with zero attached hydrogens (tertiary/aromatic N) is 2. The van der Waals surface area contributed by atoms with Crippen LogP contribution in [-0.2, 0) is 14.4 Å². The molecule has 0 saturated carbocycles. The Labute approximate surface area is 162 Å². The van der Waals surface area contributed by atoms with Gasteiger partial charge in [0.05, 0.1) is 6.54 Å². The van der Waals surface area contributed by atoms with Gasteiger partial charge in [-0.3, -0.25) is 19.3 Å². The minimum absolute atomic E-state index is 0.211. The molecule has 0 aliphatic carbocycles. The van der Waals surface area contributed by atoms with Gasteiger partial charge < -0.3 is 15.5 Å². The fraction of sp³-hybridized carbons (Fsp3) is 0.444. The van der Waals surface area contributed by atoms with Gasteiger partial charge >= 0.3 is 6.03 Å². The predicted molar refractivity (Wildman–Crippen MR) is 101 cm³/mol. The summed E-state index contributed by atoms with van der Waals surface area (Å²) in [5, 5.41) is 5.86. The Balaban J connectivity index is 1.93. The molecule has 146 valence electrons. The standard InChI is InChI=1S/C18H23ClN4O4/c1-4-18(5-2)16(26)23(17(27)21-18)11-15(25)22(3)10-14(24)20-13-8-6-12(19)7-9-13/h6-9H,4-5,10-11H2,1-3H3,(H,20,24)(H,21,27). The van der Waals surface area contributed by atoms with Gasteiger partial charge in [-0.2, -0.15) is 0 Å². The van der Waals surface area contributed by atoms with Crippen LogP contribution in [0.1, 0.15) is 26.7 Å². The zero-order chi connectivity index (χ0) is 20.2. The average Bonchev–Trinajstić information content (AvgIpc) is 2.88. The summed E-state index contributed by atoms with van der Waals surface area (Å²) >= 11 is 5.79. The topological polar surface area (TPSA) is 98.8 Å². The number of hydrogen-bond donors (Lipinski definition) is 2. The van der Waals surface area contributed by atoms with E-state index < -0.39 is 35.8 Å². The lowest BCUT2D eigenvalue weighted by atomic mass is 9.93. The van der Waals surface area contributed by atoms with E-state index in [0.717, 1.165) is 4.90 Å².